The number of nitrogens with two attached hydrogens (primary N) is 1. The van der Waals surface area contributed by atoms with Gasteiger partial charge in [0.25, 0.3) is 5.91 Å². The highest BCUT2D eigenvalue weighted by Gasteiger charge is 2.38. The number of halogens is 1. The average molecular weight is 371 g/mol. The number of carbonyl (C=O) groups is 1. The maximum absolute atomic E-state index is 12.4. The number of carbonyl (C=O) groups excluding carboxylic acids is 1. The van der Waals surface area contributed by atoms with E-state index in [2.05, 4.69) is 28.2 Å². The molecular weight excluding hydrogens is 352 g/mol. The molecule has 0 bridgehead atoms. The molecule has 0 atom stereocenters. The molecule has 21 heavy (non-hydrogen) atoms. The van der Waals surface area contributed by atoms with E-state index in [1.54, 1.807) is 12.1 Å². The Hall–Kier alpha value is -1.14. The highest BCUT2D eigenvalue weighted by molar-refractivity contribution is 9.10. The van der Waals surface area contributed by atoms with Crippen LogP contribution in [0.2, 0.25) is 0 Å². The molecule has 1 saturated carbocycles. The van der Waals surface area contributed by atoms with Gasteiger partial charge in [0, 0.05) is 5.56 Å². The molecule has 114 valence electrons. The maximum Gasteiger partial charge on any atom is 0.252 e. The van der Waals surface area contributed by atoms with Crippen LogP contribution < -0.4 is 11.1 Å². The summed E-state index contributed by atoms with van der Waals surface area (Å²) in [4.78, 5) is 12.8. The summed E-state index contributed by atoms with van der Waals surface area (Å²) < 4.78 is 0.551. The number of benzene rings is 1. The van der Waals surface area contributed by atoms with Crippen LogP contribution in [-0.2, 0) is 0 Å². The minimum absolute atomic E-state index is 0.0318. The zero-order chi connectivity index (χ0) is 15.6. The number of aromatic hydroxyl groups is 1. The summed E-state index contributed by atoms with van der Waals surface area (Å²) in [6, 6.07) is 4.72. The fourth-order valence-corrected chi connectivity index (χ4v) is 3.13. The van der Waals surface area contributed by atoms with Gasteiger partial charge in [-0.1, -0.05) is 19.1 Å². The Morgan fingerprint density at radius 3 is 2.62 bits per heavy atom. The van der Waals surface area contributed by atoms with Crippen molar-refractivity contribution in [3.63, 3.8) is 0 Å². The third kappa shape index (κ3) is 3.55. The largest absolute Gasteiger partial charge is 0.507 e. The van der Waals surface area contributed by atoms with Crippen molar-refractivity contribution in [3.8, 4) is 5.75 Å². The van der Waals surface area contributed by atoms with Crippen LogP contribution >= 0.6 is 28.1 Å². The predicted molar refractivity (Wildman–Crippen MR) is 90.4 cm³/mol. The first kappa shape index (κ1) is 16.2. The lowest BCUT2D eigenvalue weighted by Gasteiger charge is -2.39. The number of phenols is 1. The van der Waals surface area contributed by atoms with Crippen LogP contribution in [0.3, 0.4) is 0 Å². The minimum Gasteiger partial charge on any atom is -0.507 e. The van der Waals surface area contributed by atoms with Gasteiger partial charge in [0.1, 0.15) is 5.75 Å². The van der Waals surface area contributed by atoms with Gasteiger partial charge >= 0.3 is 0 Å². The Morgan fingerprint density at radius 2 is 2.10 bits per heavy atom. The SMILES string of the molecule is CC1CCC(NC(=O)c2ccc(Br)c(O)c2)(C(N)=S)CC1. The van der Waals surface area contributed by atoms with Gasteiger partial charge in [-0.05, 0) is 65.7 Å². The molecule has 1 aromatic carbocycles. The van der Waals surface area contributed by atoms with Gasteiger partial charge in [0.05, 0.1) is 15.0 Å². The van der Waals surface area contributed by atoms with Crippen molar-refractivity contribution in [2.75, 3.05) is 0 Å². The molecule has 6 heteroatoms. The van der Waals surface area contributed by atoms with E-state index < -0.39 is 5.54 Å². The van der Waals surface area contributed by atoms with E-state index in [4.69, 9.17) is 18.0 Å². The monoisotopic (exact) mass is 370 g/mol. The van der Waals surface area contributed by atoms with Crippen LogP contribution in [-0.4, -0.2) is 21.5 Å². The van der Waals surface area contributed by atoms with Crippen LogP contribution in [0, 0.1) is 5.92 Å². The molecule has 2 rings (SSSR count). The Labute approximate surface area is 138 Å². The van der Waals surface area contributed by atoms with Crippen molar-refractivity contribution < 1.29 is 9.90 Å². The highest BCUT2D eigenvalue weighted by Crippen LogP contribution is 2.33. The lowest BCUT2D eigenvalue weighted by atomic mass is 9.77. The van der Waals surface area contributed by atoms with E-state index in [1.165, 1.54) is 6.07 Å². The van der Waals surface area contributed by atoms with Gasteiger partial charge < -0.3 is 16.2 Å². The van der Waals surface area contributed by atoms with Crippen molar-refractivity contribution >= 4 is 39.0 Å². The lowest BCUT2D eigenvalue weighted by molar-refractivity contribution is 0.0900. The first-order valence-electron chi connectivity index (χ1n) is 6.95. The van der Waals surface area contributed by atoms with Crippen LogP contribution in [0.25, 0.3) is 0 Å². The molecule has 0 aromatic heterocycles. The molecule has 0 spiro atoms. The smallest absolute Gasteiger partial charge is 0.252 e. The molecule has 4 N–H and O–H groups in total. The fraction of sp³-hybridized carbons (Fsp3) is 0.467. The molecule has 1 aliphatic rings. The summed E-state index contributed by atoms with van der Waals surface area (Å²) in [6.07, 6.45) is 3.50. The van der Waals surface area contributed by atoms with Crippen LogP contribution in [0.5, 0.6) is 5.75 Å². The third-order valence-corrected chi connectivity index (χ3v) is 5.22. The Bertz CT molecular complexity index is 569. The van der Waals surface area contributed by atoms with Gasteiger partial charge in [0.15, 0.2) is 0 Å². The number of thiocarbonyl (C=S) groups is 1. The Kier molecular flexibility index (Phi) is 4.88. The van der Waals surface area contributed by atoms with Gasteiger partial charge in [-0.15, -0.1) is 0 Å². The zero-order valence-electron chi connectivity index (χ0n) is 11.9. The van der Waals surface area contributed by atoms with E-state index in [1.807, 2.05) is 0 Å². The van der Waals surface area contributed by atoms with Crippen molar-refractivity contribution in [1.29, 1.82) is 0 Å². The molecule has 1 amide bonds. The summed E-state index contributed by atoms with van der Waals surface area (Å²) in [5.74, 6) is 0.394. The van der Waals surface area contributed by atoms with Gasteiger partial charge in [-0.3, -0.25) is 4.79 Å². The predicted octanol–water partition coefficient (Wildman–Crippen LogP) is 3.12. The van der Waals surface area contributed by atoms with E-state index in [-0.39, 0.29) is 11.7 Å². The minimum atomic E-state index is -0.610. The van der Waals surface area contributed by atoms with E-state index >= 15 is 0 Å². The summed E-state index contributed by atoms with van der Waals surface area (Å²) in [6.45, 7) is 2.19. The first-order valence-corrected chi connectivity index (χ1v) is 8.15. The molecular formula is C15H19BrN2O2S. The van der Waals surface area contributed by atoms with Crippen LogP contribution in [0.15, 0.2) is 22.7 Å². The maximum atomic E-state index is 12.4. The number of rotatable bonds is 3. The summed E-state index contributed by atoms with van der Waals surface area (Å²) >= 11 is 8.38. The van der Waals surface area contributed by atoms with Crippen LogP contribution in [0.1, 0.15) is 43.0 Å². The molecule has 0 heterocycles. The molecule has 4 nitrogen and oxygen atoms in total. The number of amides is 1. The molecule has 0 aliphatic heterocycles. The molecule has 0 unspecified atom stereocenters. The van der Waals surface area contributed by atoms with Crippen molar-refractivity contribution in [3.05, 3.63) is 28.2 Å². The molecule has 1 fully saturated rings. The van der Waals surface area contributed by atoms with E-state index in [0.717, 1.165) is 25.7 Å². The molecule has 1 aromatic rings. The van der Waals surface area contributed by atoms with Gasteiger partial charge in [-0.2, -0.15) is 0 Å². The number of phenolic OH excluding ortho intramolecular Hbond substituents is 1. The third-order valence-electron chi connectivity index (χ3n) is 4.16. The van der Waals surface area contributed by atoms with Crippen molar-refractivity contribution in [1.82, 2.24) is 5.32 Å². The molecule has 1 aliphatic carbocycles. The van der Waals surface area contributed by atoms with Crippen LogP contribution in [0.4, 0.5) is 0 Å². The molecule has 0 radical (unpaired) electrons. The topological polar surface area (TPSA) is 75.3 Å². The molecule has 0 saturated heterocycles. The number of hydrogen-bond donors (Lipinski definition) is 3. The second kappa shape index (κ2) is 6.32. The van der Waals surface area contributed by atoms with Crippen molar-refractivity contribution in [2.45, 2.75) is 38.1 Å². The van der Waals surface area contributed by atoms with E-state index in [9.17, 15) is 9.90 Å². The first-order chi connectivity index (χ1) is 9.84. The second-order valence-corrected chi connectivity index (χ2v) is 7.04. The van der Waals surface area contributed by atoms with Gasteiger partial charge in [0.2, 0.25) is 0 Å². The Morgan fingerprint density at radius 1 is 1.48 bits per heavy atom. The standard InChI is InChI=1S/C15H19BrN2O2S/c1-9-4-6-15(7-5-9,14(17)21)18-13(20)10-2-3-11(16)12(19)8-10/h2-3,8-9,19H,4-7H2,1H3,(H2,17,21)(H,18,20). The summed E-state index contributed by atoms with van der Waals surface area (Å²) in [5.41, 5.74) is 5.67. The van der Waals surface area contributed by atoms with Crippen molar-refractivity contribution in [2.24, 2.45) is 11.7 Å². The summed E-state index contributed by atoms with van der Waals surface area (Å²) in [7, 11) is 0. The summed E-state index contributed by atoms with van der Waals surface area (Å²) in [5, 5.41) is 12.7. The second-order valence-electron chi connectivity index (χ2n) is 5.75. The van der Waals surface area contributed by atoms with Gasteiger partial charge in [-0.25, -0.2) is 0 Å². The normalized spacial score (nSPS) is 25.3. The van der Waals surface area contributed by atoms with E-state index in [0.29, 0.717) is 20.9 Å². The fourth-order valence-electron chi connectivity index (χ4n) is 2.63. The number of nitrogens with one attached hydrogen (secondary N) is 1. The Balaban J connectivity index is 2.19. The number of hydrogen-bond acceptors (Lipinski definition) is 3. The zero-order valence-corrected chi connectivity index (χ0v) is 14.3. The lowest BCUT2D eigenvalue weighted by Crippen LogP contribution is -2.58. The average Bonchev–Trinajstić information content (AvgIpc) is 2.44. The quantitative estimate of drug-likeness (QED) is 0.714. The highest BCUT2D eigenvalue weighted by atomic mass is 79.9.